The third-order valence-corrected chi connectivity index (χ3v) is 2.53. The Kier molecular flexibility index (Phi) is 3.86. The Labute approximate surface area is 101 Å². The van der Waals surface area contributed by atoms with E-state index in [2.05, 4.69) is 0 Å². The lowest BCUT2D eigenvalue weighted by molar-refractivity contribution is 0.00620. The zero-order valence-corrected chi connectivity index (χ0v) is 10.2. The molecule has 0 saturated carbocycles. The predicted molar refractivity (Wildman–Crippen MR) is 63.4 cm³/mol. The average Bonchev–Trinajstić information content (AvgIpc) is 2.73. The number of rotatable bonds is 5. The van der Waals surface area contributed by atoms with Gasteiger partial charge in [0.05, 0.1) is 18.8 Å². The van der Waals surface area contributed by atoms with E-state index in [-0.39, 0.29) is 12.9 Å². The molecule has 4 heteroatoms. The molecule has 94 valence electrons. The van der Waals surface area contributed by atoms with Crippen molar-refractivity contribution >= 4 is 0 Å². The van der Waals surface area contributed by atoms with E-state index >= 15 is 0 Å². The van der Waals surface area contributed by atoms with Crippen LogP contribution in [0.1, 0.15) is 19.4 Å². The Morgan fingerprint density at radius 1 is 1.29 bits per heavy atom. The van der Waals surface area contributed by atoms with Gasteiger partial charge in [-0.25, -0.2) is 0 Å². The second kappa shape index (κ2) is 5.38. The lowest BCUT2D eigenvalue weighted by atomic mass is 10.1. The van der Waals surface area contributed by atoms with Crippen LogP contribution < -0.4 is 9.47 Å². The molecule has 0 saturated heterocycles. The van der Waals surface area contributed by atoms with Gasteiger partial charge in [-0.3, -0.25) is 0 Å². The molecular weight excluding hydrogens is 220 g/mol. The number of fused-ring (bicyclic) bond motifs is 1. The van der Waals surface area contributed by atoms with Crippen LogP contribution in [0, 0.1) is 0 Å². The largest absolute Gasteiger partial charge is 0.454 e. The predicted octanol–water partition coefficient (Wildman–Crippen LogP) is 1.74. The molecule has 4 nitrogen and oxygen atoms in total. The quantitative estimate of drug-likeness (QED) is 0.849. The van der Waals surface area contributed by atoms with Gasteiger partial charge in [0.1, 0.15) is 0 Å². The van der Waals surface area contributed by atoms with Crippen LogP contribution in [0.3, 0.4) is 0 Å². The Morgan fingerprint density at radius 3 is 2.82 bits per heavy atom. The van der Waals surface area contributed by atoms with Crippen molar-refractivity contribution < 1.29 is 19.3 Å². The summed E-state index contributed by atoms with van der Waals surface area (Å²) in [5, 5.41) is 9.80. The fraction of sp³-hybridized carbons (Fsp3) is 0.538. The molecule has 17 heavy (non-hydrogen) atoms. The van der Waals surface area contributed by atoms with E-state index in [1.165, 1.54) is 0 Å². The van der Waals surface area contributed by atoms with Crippen LogP contribution in [0.15, 0.2) is 18.2 Å². The van der Waals surface area contributed by atoms with Crippen molar-refractivity contribution in [1.82, 2.24) is 0 Å². The van der Waals surface area contributed by atoms with Crippen LogP contribution in [-0.4, -0.2) is 30.7 Å². The Hall–Kier alpha value is -1.26. The lowest BCUT2D eigenvalue weighted by Crippen LogP contribution is -2.20. The number of aliphatic hydroxyl groups is 1. The fourth-order valence-corrected chi connectivity index (χ4v) is 1.70. The highest BCUT2D eigenvalue weighted by Crippen LogP contribution is 2.32. The fourth-order valence-electron chi connectivity index (χ4n) is 1.70. The van der Waals surface area contributed by atoms with Crippen molar-refractivity contribution in [2.45, 2.75) is 32.5 Å². The molecule has 1 heterocycles. The Bertz CT molecular complexity index is 376. The molecular formula is C13H18O4. The van der Waals surface area contributed by atoms with Gasteiger partial charge >= 0.3 is 0 Å². The first-order chi connectivity index (χ1) is 8.15. The highest BCUT2D eigenvalue weighted by atomic mass is 16.7. The van der Waals surface area contributed by atoms with Gasteiger partial charge in [0, 0.05) is 6.42 Å². The SMILES string of the molecule is CC(C)OCC(O)Cc1ccc2c(c1)OCO2. The molecule has 1 N–H and O–H groups in total. The first-order valence-electron chi connectivity index (χ1n) is 5.83. The van der Waals surface area contributed by atoms with E-state index in [0.717, 1.165) is 17.1 Å². The monoisotopic (exact) mass is 238 g/mol. The number of ether oxygens (including phenoxy) is 3. The lowest BCUT2D eigenvalue weighted by Gasteiger charge is -2.13. The third-order valence-electron chi connectivity index (χ3n) is 2.53. The number of benzene rings is 1. The molecule has 1 aliphatic heterocycles. The number of aliphatic hydroxyl groups excluding tert-OH is 1. The molecule has 1 unspecified atom stereocenters. The van der Waals surface area contributed by atoms with E-state index in [4.69, 9.17) is 14.2 Å². The molecule has 0 bridgehead atoms. The van der Waals surface area contributed by atoms with Crippen molar-refractivity contribution in [3.8, 4) is 11.5 Å². The molecule has 0 aromatic heterocycles. The van der Waals surface area contributed by atoms with Gasteiger partial charge in [-0.15, -0.1) is 0 Å². The van der Waals surface area contributed by atoms with E-state index < -0.39 is 6.10 Å². The van der Waals surface area contributed by atoms with Crippen molar-refractivity contribution in [2.24, 2.45) is 0 Å². The summed E-state index contributed by atoms with van der Waals surface area (Å²) in [6.07, 6.45) is 0.211. The van der Waals surface area contributed by atoms with Gasteiger partial charge in [-0.2, -0.15) is 0 Å². The van der Waals surface area contributed by atoms with E-state index in [1.807, 2.05) is 32.0 Å². The van der Waals surface area contributed by atoms with Gasteiger partial charge in [-0.05, 0) is 31.5 Å². The minimum absolute atomic E-state index is 0.140. The Morgan fingerprint density at radius 2 is 2.06 bits per heavy atom. The molecule has 0 aliphatic carbocycles. The van der Waals surface area contributed by atoms with Crippen LogP contribution >= 0.6 is 0 Å². The first-order valence-corrected chi connectivity index (χ1v) is 5.83. The normalized spacial score (nSPS) is 15.3. The molecule has 1 atom stereocenters. The van der Waals surface area contributed by atoms with Gasteiger partial charge in [0.25, 0.3) is 0 Å². The van der Waals surface area contributed by atoms with Gasteiger partial charge in [-0.1, -0.05) is 6.07 Å². The van der Waals surface area contributed by atoms with Crippen LogP contribution in [0.2, 0.25) is 0 Å². The maximum absolute atomic E-state index is 9.80. The van der Waals surface area contributed by atoms with Gasteiger partial charge < -0.3 is 19.3 Å². The summed E-state index contributed by atoms with van der Waals surface area (Å²) >= 11 is 0. The van der Waals surface area contributed by atoms with Crippen molar-refractivity contribution in [3.05, 3.63) is 23.8 Å². The summed E-state index contributed by atoms with van der Waals surface area (Å²) in [6, 6.07) is 5.71. The minimum atomic E-state index is -0.488. The maximum Gasteiger partial charge on any atom is 0.231 e. The molecule has 1 aliphatic rings. The molecule has 1 aromatic carbocycles. The van der Waals surface area contributed by atoms with Gasteiger partial charge in [0.2, 0.25) is 6.79 Å². The number of hydrogen-bond acceptors (Lipinski definition) is 4. The van der Waals surface area contributed by atoms with E-state index in [0.29, 0.717) is 13.0 Å². The molecule has 0 spiro atoms. The minimum Gasteiger partial charge on any atom is -0.454 e. The zero-order chi connectivity index (χ0) is 12.3. The highest BCUT2D eigenvalue weighted by molar-refractivity contribution is 5.44. The van der Waals surface area contributed by atoms with Crippen molar-refractivity contribution in [2.75, 3.05) is 13.4 Å². The van der Waals surface area contributed by atoms with E-state index in [9.17, 15) is 5.11 Å². The second-order valence-electron chi connectivity index (χ2n) is 4.43. The first kappa shape index (κ1) is 12.2. The maximum atomic E-state index is 9.80. The summed E-state index contributed by atoms with van der Waals surface area (Å²) in [4.78, 5) is 0. The third kappa shape index (κ3) is 3.35. The van der Waals surface area contributed by atoms with Crippen LogP contribution in [0.4, 0.5) is 0 Å². The van der Waals surface area contributed by atoms with Crippen molar-refractivity contribution in [1.29, 1.82) is 0 Å². The topological polar surface area (TPSA) is 47.9 Å². The molecule has 2 rings (SSSR count). The van der Waals surface area contributed by atoms with Crippen LogP contribution in [-0.2, 0) is 11.2 Å². The summed E-state index contributed by atoms with van der Waals surface area (Å²) in [5.74, 6) is 1.51. The van der Waals surface area contributed by atoms with Crippen LogP contribution in [0.5, 0.6) is 11.5 Å². The van der Waals surface area contributed by atoms with Crippen molar-refractivity contribution in [3.63, 3.8) is 0 Å². The molecule has 0 amide bonds. The highest BCUT2D eigenvalue weighted by Gasteiger charge is 2.14. The molecule has 0 fully saturated rings. The van der Waals surface area contributed by atoms with E-state index in [1.54, 1.807) is 0 Å². The Balaban J connectivity index is 1.90. The summed E-state index contributed by atoms with van der Waals surface area (Å²) in [5.41, 5.74) is 1.02. The zero-order valence-electron chi connectivity index (χ0n) is 10.2. The summed E-state index contributed by atoms with van der Waals surface area (Å²) in [7, 11) is 0. The molecule has 1 aromatic rings. The smallest absolute Gasteiger partial charge is 0.231 e. The standard InChI is InChI=1S/C13H18O4/c1-9(2)15-7-11(14)5-10-3-4-12-13(6-10)17-8-16-12/h3-4,6,9,11,14H,5,7-8H2,1-2H3. The average molecular weight is 238 g/mol. The second-order valence-corrected chi connectivity index (χ2v) is 4.43. The number of hydrogen-bond donors (Lipinski definition) is 1. The summed E-state index contributed by atoms with van der Waals surface area (Å²) < 4.78 is 15.9. The summed E-state index contributed by atoms with van der Waals surface area (Å²) in [6.45, 7) is 4.53. The molecule has 0 radical (unpaired) electrons. The van der Waals surface area contributed by atoms with Gasteiger partial charge in [0.15, 0.2) is 11.5 Å². The van der Waals surface area contributed by atoms with Crippen LogP contribution in [0.25, 0.3) is 0 Å².